The Labute approximate surface area is 145 Å². The number of ether oxygens (including phenoxy) is 1. The van der Waals surface area contributed by atoms with Crippen LogP contribution >= 0.6 is 11.3 Å². The summed E-state index contributed by atoms with van der Waals surface area (Å²) < 4.78 is 5.60. The zero-order chi connectivity index (χ0) is 18.7. The van der Waals surface area contributed by atoms with Gasteiger partial charge in [-0.15, -0.1) is 0 Å². The van der Waals surface area contributed by atoms with Crippen molar-refractivity contribution in [2.24, 2.45) is 0 Å². The van der Waals surface area contributed by atoms with Crippen molar-refractivity contribution >= 4 is 34.0 Å². The number of hydrogen-bond donors (Lipinski definition) is 1. The van der Waals surface area contributed by atoms with E-state index in [1.165, 1.54) is 13.2 Å². The minimum atomic E-state index is -0.870. The smallest absolute Gasteiger partial charge is 0.350 e. The molecule has 0 bridgehead atoms. The number of rotatable bonds is 5. The predicted octanol–water partition coefficient (Wildman–Crippen LogP) is 1.26. The Morgan fingerprint density at radius 1 is 1.40 bits per heavy atom. The molecule has 2 aromatic rings. The van der Waals surface area contributed by atoms with Crippen LogP contribution in [0.1, 0.15) is 21.1 Å². The molecular formula is C14H14N4O6S. The Bertz CT molecular complexity index is 917. The maximum absolute atomic E-state index is 12.1. The number of carbonyl (C=O) groups excluding carboxylic acids is 2. The molecule has 0 aliphatic carbocycles. The SMILES string of the molecule is COC(=O)c1sc(NC(=O)Cn2c(C)ccc([N+](=O)[O-])c2=O)nc1C. The molecule has 10 nitrogen and oxygen atoms in total. The van der Waals surface area contributed by atoms with Gasteiger partial charge in [0.2, 0.25) is 5.91 Å². The number of amides is 1. The van der Waals surface area contributed by atoms with E-state index in [1.807, 2.05) is 0 Å². The zero-order valence-electron chi connectivity index (χ0n) is 13.6. The van der Waals surface area contributed by atoms with Crippen molar-refractivity contribution < 1.29 is 19.2 Å². The molecule has 2 heterocycles. The van der Waals surface area contributed by atoms with E-state index in [1.54, 1.807) is 13.8 Å². The molecule has 0 saturated heterocycles. The Morgan fingerprint density at radius 2 is 2.08 bits per heavy atom. The highest BCUT2D eigenvalue weighted by atomic mass is 32.1. The lowest BCUT2D eigenvalue weighted by molar-refractivity contribution is -0.386. The first-order valence-corrected chi connectivity index (χ1v) is 7.76. The molecule has 0 saturated carbocycles. The fourth-order valence-corrected chi connectivity index (χ4v) is 2.93. The summed E-state index contributed by atoms with van der Waals surface area (Å²) in [5, 5.41) is 13.5. The lowest BCUT2D eigenvalue weighted by Gasteiger charge is -2.08. The first kappa shape index (κ1) is 18.3. The number of thiazole rings is 1. The Morgan fingerprint density at radius 3 is 2.68 bits per heavy atom. The fourth-order valence-electron chi connectivity index (χ4n) is 2.03. The number of aromatic nitrogens is 2. The molecule has 11 heteroatoms. The molecule has 0 fully saturated rings. The van der Waals surface area contributed by atoms with E-state index in [0.717, 1.165) is 22.0 Å². The second kappa shape index (κ2) is 7.21. The highest BCUT2D eigenvalue weighted by Crippen LogP contribution is 2.23. The molecule has 0 unspecified atom stereocenters. The van der Waals surface area contributed by atoms with Crippen LogP contribution in [-0.2, 0) is 16.1 Å². The Kier molecular flexibility index (Phi) is 5.27. The van der Waals surface area contributed by atoms with E-state index in [9.17, 15) is 24.5 Å². The van der Waals surface area contributed by atoms with Crippen molar-refractivity contribution in [2.75, 3.05) is 12.4 Å². The molecule has 1 amide bonds. The molecule has 0 atom stereocenters. The van der Waals surface area contributed by atoms with Gasteiger partial charge in [-0.05, 0) is 19.9 Å². The third-order valence-corrected chi connectivity index (χ3v) is 4.34. The summed E-state index contributed by atoms with van der Waals surface area (Å²) in [5.74, 6) is -1.17. The zero-order valence-corrected chi connectivity index (χ0v) is 14.4. The second-order valence-corrected chi connectivity index (χ2v) is 5.98. The van der Waals surface area contributed by atoms with Gasteiger partial charge < -0.3 is 10.1 Å². The monoisotopic (exact) mass is 366 g/mol. The van der Waals surface area contributed by atoms with E-state index in [2.05, 4.69) is 15.0 Å². The van der Waals surface area contributed by atoms with E-state index < -0.39 is 34.6 Å². The topological polar surface area (TPSA) is 133 Å². The Hall–Kier alpha value is -3.08. The summed E-state index contributed by atoms with van der Waals surface area (Å²) >= 11 is 0.934. The third kappa shape index (κ3) is 3.88. The average Bonchev–Trinajstić information content (AvgIpc) is 2.90. The molecule has 0 spiro atoms. The molecule has 25 heavy (non-hydrogen) atoms. The molecule has 2 aromatic heterocycles. The van der Waals surface area contributed by atoms with E-state index in [4.69, 9.17) is 0 Å². The number of aryl methyl sites for hydroxylation is 2. The average molecular weight is 366 g/mol. The van der Waals surface area contributed by atoms with Crippen LogP contribution in [0.25, 0.3) is 0 Å². The minimum absolute atomic E-state index is 0.166. The van der Waals surface area contributed by atoms with Gasteiger partial charge in [0.25, 0.3) is 0 Å². The highest BCUT2D eigenvalue weighted by molar-refractivity contribution is 7.17. The molecular weight excluding hydrogens is 352 g/mol. The maximum Gasteiger partial charge on any atom is 0.350 e. The van der Waals surface area contributed by atoms with Crippen LogP contribution in [0.5, 0.6) is 0 Å². The maximum atomic E-state index is 12.1. The molecule has 0 aromatic carbocycles. The van der Waals surface area contributed by atoms with E-state index in [0.29, 0.717) is 11.4 Å². The van der Waals surface area contributed by atoms with Crippen molar-refractivity contribution in [2.45, 2.75) is 20.4 Å². The van der Waals surface area contributed by atoms with Gasteiger partial charge in [0.15, 0.2) is 5.13 Å². The van der Waals surface area contributed by atoms with Crippen LogP contribution in [0, 0.1) is 24.0 Å². The van der Waals surface area contributed by atoms with Crippen molar-refractivity contribution in [3.63, 3.8) is 0 Å². The van der Waals surface area contributed by atoms with Crippen molar-refractivity contribution in [1.82, 2.24) is 9.55 Å². The molecule has 132 valence electrons. The van der Waals surface area contributed by atoms with E-state index >= 15 is 0 Å². The summed E-state index contributed by atoms with van der Waals surface area (Å²) in [7, 11) is 1.23. The highest BCUT2D eigenvalue weighted by Gasteiger charge is 2.19. The van der Waals surface area contributed by atoms with Gasteiger partial charge in [-0.2, -0.15) is 0 Å². The summed E-state index contributed by atoms with van der Waals surface area (Å²) in [6.45, 7) is 2.73. The third-order valence-electron chi connectivity index (χ3n) is 3.28. The predicted molar refractivity (Wildman–Crippen MR) is 88.9 cm³/mol. The first-order valence-electron chi connectivity index (χ1n) is 6.95. The molecule has 0 radical (unpaired) electrons. The van der Waals surface area contributed by atoms with Gasteiger partial charge in [0.1, 0.15) is 11.4 Å². The summed E-state index contributed by atoms with van der Waals surface area (Å²) in [4.78, 5) is 50.1. The summed E-state index contributed by atoms with van der Waals surface area (Å²) in [6.07, 6.45) is 0. The van der Waals surface area contributed by atoms with Crippen molar-refractivity contribution in [3.05, 3.63) is 48.9 Å². The number of anilines is 1. The van der Waals surface area contributed by atoms with Gasteiger partial charge in [-0.1, -0.05) is 11.3 Å². The van der Waals surface area contributed by atoms with Gasteiger partial charge in [-0.3, -0.25) is 24.3 Å². The largest absolute Gasteiger partial charge is 0.465 e. The molecule has 0 aliphatic rings. The van der Waals surface area contributed by atoms with Crippen LogP contribution < -0.4 is 10.9 Å². The van der Waals surface area contributed by atoms with Gasteiger partial charge in [0.05, 0.1) is 17.7 Å². The van der Waals surface area contributed by atoms with Crippen LogP contribution in [0.15, 0.2) is 16.9 Å². The van der Waals surface area contributed by atoms with Crippen LogP contribution in [0.2, 0.25) is 0 Å². The van der Waals surface area contributed by atoms with Crippen LogP contribution in [-0.4, -0.2) is 33.5 Å². The number of nitro groups is 1. The van der Waals surface area contributed by atoms with Gasteiger partial charge in [-0.25, -0.2) is 9.78 Å². The van der Waals surface area contributed by atoms with Crippen molar-refractivity contribution in [1.29, 1.82) is 0 Å². The summed E-state index contributed by atoms with van der Waals surface area (Å²) in [5.41, 5.74) is -0.686. The second-order valence-electron chi connectivity index (χ2n) is 4.98. The number of nitrogens with zero attached hydrogens (tertiary/aromatic N) is 3. The van der Waals surface area contributed by atoms with E-state index in [-0.39, 0.29) is 10.0 Å². The first-order chi connectivity index (χ1) is 11.7. The number of nitrogens with one attached hydrogen (secondary N) is 1. The lowest BCUT2D eigenvalue weighted by atomic mass is 10.3. The van der Waals surface area contributed by atoms with Crippen LogP contribution in [0.3, 0.4) is 0 Å². The number of esters is 1. The minimum Gasteiger partial charge on any atom is -0.465 e. The Balaban J connectivity index is 2.22. The standard InChI is InChI=1S/C14H14N4O6S/c1-7-4-5-9(18(22)23)12(20)17(7)6-10(19)16-14-15-8(2)11(25-14)13(21)24-3/h4-5H,6H2,1-3H3,(H,15,16,19). The quantitative estimate of drug-likeness (QED) is 0.478. The number of carbonyl (C=O) groups is 2. The summed E-state index contributed by atoms with van der Waals surface area (Å²) in [6, 6.07) is 2.48. The lowest BCUT2D eigenvalue weighted by Crippen LogP contribution is -2.30. The number of hydrogen-bond acceptors (Lipinski definition) is 8. The fraction of sp³-hybridized carbons (Fsp3) is 0.286. The molecule has 2 rings (SSSR count). The van der Waals surface area contributed by atoms with Crippen molar-refractivity contribution in [3.8, 4) is 0 Å². The normalized spacial score (nSPS) is 10.4. The molecule has 1 N–H and O–H groups in total. The number of pyridine rings is 1. The number of methoxy groups -OCH3 is 1. The van der Waals surface area contributed by atoms with Gasteiger partial charge >= 0.3 is 17.2 Å². The van der Waals surface area contributed by atoms with Crippen LogP contribution in [0.4, 0.5) is 10.8 Å². The molecule has 0 aliphatic heterocycles. The van der Waals surface area contributed by atoms with Gasteiger partial charge in [0, 0.05) is 11.8 Å².